The summed E-state index contributed by atoms with van der Waals surface area (Å²) in [6, 6.07) is 0. The Bertz CT molecular complexity index is 558. The molecular formula is C12H16N4OS. The van der Waals surface area contributed by atoms with Crippen molar-refractivity contribution in [1.82, 2.24) is 19.9 Å². The lowest BCUT2D eigenvalue weighted by atomic mass is 10.3. The molecule has 6 heteroatoms. The highest BCUT2D eigenvalue weighted by Crippen LogP contribution is 2.15. The number of nitrogens with zero attached hydrogens (tertiary/aromatic N) is 3. The van der Waals surface area contributed by atoms with Gasteiger partial charge in [0.15, 0.2) is 0 Å². The molecule has 2 aromatic heterocycles. The highest BCUT2D eigenvalue weighted by atomic mass is 32.1. The number of rotatable bonds is 4. The molecule has 96 valence electrons. The molecule has 0 aromatic carbocycles. The summed E-state index contributed by atoms with van der Waals surface area (Å²) < 4.78 is 1.95. The molecule has 0 saturated carbocycles. The van der Waals surface area contributed by atoms with Crippen molar-refractivity contribution in [3.05, 3.63) is 33.8 Å². The number of thiazole rings is 1. The Balaban J connectivity index is 1.89. The maximum atomic E-state index is 11.9. The summed E-state index contributed by atoms with van der Waals surface area (Å²) in [5.41, 5.74) is 0.539. The van der Waals surface area contributed by atoms with Crippen LogP contribution in [0.1, 0.15) is 26.2 Å². The largest absolute Gasteiger partial charge is 0.350 e. The zero-order chi connectivity index (χ0) is 13.1. The van der Waals surface area contributed by atoms with Crippen LogP contribution in [0.4, 0.5) is 0 Å². The molecule has 0 aliphatic rings. The van der Waals surface area contributed by atoms with Crippen LogP contribution >= 0.6 is 11.3 Å². The van der Waals surface area contributed by atoms with Gasteiger partial charge in [-0.15, -0.1) is 11.3 Å². The maximum Gasteiger partial charge on any atom is 0.271 e. The fraction of sp³-hybridized carbons (Fsp3) is 0.417. The molecule has 0 unspecified atom stereocenters. The van der Waals surface area contributed by atoms with E-state index in [1.165, 1.54) is 0 Å². The Kier molecular flexibility index (Phi) is 3.76. The van der Waals surface area contributed by atoms with Gasteiger partial charge >= 0.3 is 0 Å². The first kappa shape index (κ1) is 12.8. The summed E-state index contributed by atoms with van der Waals surface area (Å²) >= 11 is 1.54. The molecule has 0 bridgehead atoms. The van der Waals surface area contributed by atoms with Crippen LogP contribution in [0, 0.1) is 13.8 Å². The monoisotopic (exact) mass is 264 g/mol. The van der Waals surface area contributed by atoms with E-state index in [4.69, 9.17) is 0 Å². The van der Waals surface area contributed by atoms with Gasteiger partial charge in [0.1, 0.15) is 11.5 Å². The van der Waals surface area contributed by atoms with Crippen molar-refractivity contribution in [3.63, 3.8) is 0 Å². The van der Waals surface area contributed by atoms with Crippen LogP contribution in [0.5, 0.6) is 0 Å². The molecule has 0 atom stereocenters. The third-order valence-electron chi connectivity index (χ3n) is 2.67. The van der Waals surface area contributed by atoms with Crippen LogP contribution in [0.2, 0.25) is 0 Å². The van der Waals surface area contributed by atoms with Gasteiger partial charge in [-0.3, -0.25) is 4.79 Å². The van der Waals surface area contributed by atoms with Crippen LogP contribution in [0.3, 0.4) is 0 Å². The van der Waals surface area contributed by atoms with Crippen molar-refractivity contribution in [2.75, 3.05) is 6.54 Å². The second-order valence-electron chi connectivity index (χ2n) is 4.10. The van der Waals surface area contributed by atoms with E-state index in [-0.39, 0.29) is 5.91 Å². The van der Waals surface area contributed by atoms with Gasteiger partial charge in [0.25, 0.3) is 5.91 Å². The number of amides is 1. The molecule has 0 radical (unpaired) electrons. The Hall–Kier alpha value is -1.69. The van der Waals surface area contributed by atoms with Crippen LogP contribution in [0.25, 0.3) is 0 Å². The SMILES string of the molecule is Cc1nc(C(=O)NCCc2nccn2C)c(C)s1. The second-order valence-corrected chi connectivity index (χ2v) is 5.51. The van der Waals surface area contributed by atoms with Crippen molar-refractivity contribution in [2.45, 2.75) is 20.3 Å². The number of hydrogen-bond acceptors (Lipinski definition) is 4. The van der Waals surface area contributed by atoms with E-state index in [0.717, 1.165) is 22.1 Å². The first-order chi connectivity index (χ1) is 8.58. The molecule has 18 heavy (non-hydrogen) atoms. The molecule has 5 nitrogen and oxygen atoms in total. The van der Waals surface area contributed by atoms with E-state index in [0.29, 0.717) is 12.2 Å². The molecule has 0 saturated heterocycles. The average Bonchev–Trinajstić information content (AvgIpc) is 2.85. The lowest BCUT2D eigenvalue weighted by molar-refractivity contribution is 0.0949. The number of imidazole rings is 1. The van der Waals surface area contributed by atoms with Gasteiger partial charge in [0.2, 0.25) is 0 Å². The number of hydrogen-bond donors (Lipinski definition) is 1. The summed E-state index contributed by atoms with van der Waals surface area (Å²) in [6.45, 7) is 4.39. The van der Waals surface area contributed by atoms with Crippen LogP contribution in [0.15, 0.2) is 12.4 Å². The second kappa shape index (κ2) is 5.30. The molecule has 1 N–H and O–H groups in total. The predicted molar refractivity (Wildman–Crippen MR) is 70.8 cm³/mol. The van der Waals surface area contributed by atoms with Crippen LogP contribution in [-0.2, 0) is 13.5 Å². The topological polar surface area (TPSA) is 59.8 Å². The number of aryl methyl sites for hydroxylation is 3. The zero-order valence-corrected chi connectivity index (χ0v) is 11.5. The van der Waals surface area contributed by atoms with Gasteiger partial charge < -0.3 is 9.88 Å². The van der Waals surface area contributed by atoms with E-state index < -0.39 is 0 Å². The Morgan fingerprint density at radius 1 is 1.50 bits per heavy atom. The van der Waals surface area contributed by atoms with E-state index in [1.54, 1.807) is 17.5 Å². The standard InChI is InChI=1S/C12H16N4OS/c1-8-11(15-9(2)18-8)12(17)14-5-4-10-13-6-7-16(10)3/h6-7H,4-5H2,1-3H3,(H,14,17). The quantitative estimate of drug-likeness (QED) is 0.909. The van der Waals surface area contributed by atoms with Gasteiger partial charge in [0.05, 0.1) is 5.01 Å². The van der Waals surface area contributed by atoms with Crippen molar-refractivity contribution >= 4 is 17.2 Å². The summed E-state index contributed by atoms with van der Waals surface area (Å²) in [7, 11) is 1.94. The Labute approximate surface area is 110 Å². The molecule has 2 aromatic rings. The van der Waals surface area contributed by atoms with Crippen molar-refractivity contribution in [1.29, 1.82) is 0 Å². The fourth-order valence-electron chi connectivity index (χ4n) is 1.75. The summed E-state index contributed by atoms with van der Waals surface area (Å²) in [5, 5.41) is 3.79. The minimum absolute atomic E-state index is 0.106. The van der Waals surface area contributed by atoms with Crippen LogP contribution in [-0.4, -0.2) is 27.0 Å². The van der Waals surface area contributed by atoms with Gasteiger partial charge in [-0.1, -0.05) is 0 Å². The highest BCUT2D eigenvalue weighted by molar-refractivity contribution is 7.11. The molecule has 0 spiro atoms. The van der Waals surface area contributed by atoms with E-state index in [9.17, 15) is 4.79 Å². The van der Waals surface area contributed by atoms with E-state index in [2.05, 4.69) is 15.3 Å². The summed E-state index contributed by atoms with van der Waals surface area (Å²) in [5.74, 6) is 0.854. The highest BCUT2D eigenvalue weighted by Gasteiger charge is 2.13. The maximum absolute atomic E-state index is 11.9. The van der Waals surface area contributed by atoms with Crippen LogP contribution < -0.4 is 5.32 Å². The lowest BCUT2D eigenvalue weighted by Crippen LogP contribution is -2.27. The lowest BCUT2D eigenvalue weighted by Gasteiger charge is -2.04. The third-order valence-corrected chi connectivity index (χ3v) is 3.56. The number of carbonyl (C=O) groups is 1. The number of nitrogens with one attached hydrogen (secondary N) is 1. The minimum Gasteiger partial charge on any atom is -0.350 e. The molecule has 2 heterocycles. The summed E-state index contributed by atoms with van der Waals surface area (Å²) in [4.78, 5) is 21.3. The molecule has 2 rings (SSSR count). The number of carbonyl (C=O) groups excluding carboxylic acids is 1. The third kappa shape index (κ3) is 2.76. The van der Waals surface area contributed by atoms with Gasteiger partial charge in [-0.05, 0) is 13.8 Å². The zero-order valence-electron chi connectivity index (χ0n) is 10.7. The van der Waals surface area contributed by atoms with E-state index >= 15 is 0 Å². The smallest absolute Gasteiger partial charge is 0.271 e. The molecule has 0 aliphatic carbocycles. The summed E-state index contributed by atoms with van der Waals surface area (Å²) in [6.07, 6.45) is 4.37. The Morgan fingerprint density at radius 2 is 2.28 bits per heavy atom. The number of aromatic nitrogens is 3. The van der Waals surface area contributed by atoms with Gasteiger partial charge in [-0.2, -0.15) is 0 Å². The first-order valence-corrected chi connectivity index (χ1v) is 6.58. The Morgan fingerprint density at radius 3 is 2.83 bits per heavy atom. The van der Waals surface area contributed by atoms with Gasteiger partial charge in [0, 0.05) is 37.3 Å². The predicted octanol–water partition coefficient (Wildman–Crippen LogP) is 1.47. The molecule has 0 fully saturated rings. The van der Waals surface area contributed by atoms with Gasteiger partial charge in [-0.25, -0.2) is 9.97 Å². The molecule has 1 amide bonds. The first-order valence-electron chi connectivity index (χ1n) is 5.76. The molecule has 0 aliphatic heterocycles. The average molecular weight is 264 g/mol. The fourth-order valence-corrected chi connectivity index (χ4v) is 2.56. The van der Waals surface area contributed by atoms with Crippen molar-refractivity contribution < 1.29 is 4.79 Å². The van der Waals surface area contributed by atoms with E-state index in [1.807, 2.05) is 31.7 Å². The molecular weight excluding hydrogens is 248 g/mol. The van der Waals surface area contributed by atoms with Crippen molar-refractivity contribution in [3.8, 4) is 0 Å². The van der Waals surface area contributed by atoms with Crippen molar-refractivity contribution in [2.24, 2.45) is 7.05 Å². The normalized spacial score (nSPS) is 10.6. The minimum atomic E-state index is -0.106.